The van der Waals surface area contributed by atoms with Crippen LogP contribution in [0.1, 0.15) is 55.7 Å². The summed E-state index contributed by atoms with van der Waals surface area (Å²) in [5.41, 5.74) is 8.72. The first-order valence-corrected chi connectivity index (χ1v) is 8.21. The van der Waals surface area contributed by atoms with E-state index in [1.54, 1.807) is 0 Å². The fraction of sp³-hybridized carbons (Fsp3) is 0.611. The maximum Gasteiger partial charge on any atom is 0.244 e. The first kappa shape index (κ1) is 14.6. The van der Waals surface area contributed by atoms with Gasteiger partial charge in [-0.3, -0.25) is 4.79 Å². The van der Waals surface area contributed by atoms with Gasteiger partial charge in [-0.1, -0.05) is 49.1 Å². The average molecular weight is 286 g/mol. The Morgan fingerprint density at radius 3 is 2.48 bits per heavy atom. The molecule has 3 rings (SSSR count). The van der Waals surface area contributed by atoms with Crippen LogP contribution >= 0.6 is 0 Å². The van der Waals surface area contributed by atoms with Crippen LogP contribution in [0, 0.1) is 12.3 Å². The number of aryl methyl sites for hydroxylation is 1. The second-order valence-corrected chi connectivity index (χ2v) is 6.96. The van der Waals surface area contributed by atoms with Crippen LogP contribution in [-0.4, -0.2) is 23.9 Å². The fourth-order valence-corrected chi connectivity index (χ4v) is 3.95. The predicted octanol–water partition coefficient (Wildman–Crippen LogP) is 3.18. The lowest BCUT2D eigenvalue weighted by molar-refractivity contribution is -0.132. The van der Waals surface area contributed by atoms with Gasteiger partial charge < -0.3 is 10.6 Å². The predicted molar refractivity (Wildman–Crippen MR) is 84.8 cm³/mol. The molecule has 1 heterocycles. The maximum absolute atomic E-state index is 12.7. The molecule has 3 heteroatoms. The zero-order valence-electron chi connectivity index (χ0n) is 13.0. The Hall–Kier alpha value is -1.35. The minimum absolute atomic E-state index is 0.0984. The number of likely N-dealkylation sites (tertiary alicyclic amines) is 1. The molecule has 0 bridgehead atoms. The van der Waals surface area contributed by atoms with Gasteiger partial charge in [0.2, 0.25) is 5.91 Å². The van der Waals surface area contributed by atoms with Crippen molar-refractivity contribution in [3.8, 4) is 0 Å². The van der Waals surface area contributed by atoms with Crippen LogP contribution in [0.2, 0.25) is 0 Å². The van der Waals surface area contributed by atoms with Crippen LogP contribution in [0.15, 0.2) is 24.3 Å². The summed E-state index contributed by atoms with van der Waals surface area (Å²) in [5.74, 6) is 0.0984. The minimum atomic E-state index is -0.510. The lowest BCUT2D eigenvalue weighted by Gasteiger charge is -2.33. The maximum atomic E-state index is 12.7. The Bertz CT molecular complexity index is 502. The number of hydrogen-bond donors (Lipinski definition) is 1. The summed E-state index contributed by atoms with van der Waals surface area (Å²) in [7, 11) is 0. The highest BCUT2D eigenvalue weighted by atomic mass is 16.2. The molecule has 1 saturated carbocycles. The monoisotopic (exact) mass is 286 g/mol. The highest BCUT2D eigenvalue weighted by Crippen LogP contribution is 2.44. The van der Waals surface area contributed by atoms with Crippen LogP contribution < -0.4 is 5.73 Å². The topological polar surface area (TPSA) is 46.3 Å². The quantitative estimate of drug-likeness (QED) is 0.907. The highest BCUT2D eigenvalue weighted by Gasteiger charge is 2.41. The van der Waals surface area contributed by atoms with E-state index in [1.807, 2.05) is 36.1 Å². The molecule has 114 valence electrons. The lowest BCUT2D eigenvalue weighted by atomic mass is 9.73. The van der Waals surface area contributed by atoms with Gasteiger partial charge in [0.1, 0.15) is 6.04 Å². The molecule has 1 aromatic rings. The summed E-state index contributed by atoms with van der Waals surface area (Å²) in [6.45, 7) is 3.86. The Morgan fingerprint density at radius 2 is 1.81 bits per heavy atom. The normalized spacial score (nSPS) is 22.5. The first-order chi connectivity index (χ1) is 10.1. The number of benzene rings is 1. The van der Waals surface area contributed by atoms with E-state index in [1.165, 1.54) is 44.1 Å². The largest absolute Gasteiger partial charge is 0.340 e. The zero-order chi connectivity index (χ0) is 14.9. The van der Waals surface area contributed by atoms with Gasteiger partial charge in [0.05, 0.1) is 0 Å². The van der Waals surface area contributed by atoms with Crippen LogP contribution in [0.25, 0.3) is 0 Å². The van der Waals surface area contributed by atoms with Crippen LogP contribution in [-0.2, 0) is 4.79 Å². The Balaban J connectivity index is 1.67. The van der Waals surface area contributed by atoms with Crippen molar-refractivity contribution in [2.24, 2.45) is 11.1 Å². The summed E-state index contributed by atoms with van der Waals surface area (Å²) in [6.07, 6.45) is 7.75. The summed E-state index contributed by atoms with van der Waals surface area (Å²) >= 11 is 0. The molecule has 2 aliphatic rings. The molecule has 2 fully saturated rings. The Labute approximate surface area is 127 Å². The second-order valence-electron chi connectivity index (χ2n) is 6.96. The van der Waals surface area contributed by atoms with Crippen molar-refractivity contribution in [2.75, 3.05) is 13.1 Å². The molecular formula is C18H26N2O. The van der Waals surface area contributed by atoms with Crippen molar-refractivity contribution in [3.63, 3.8) is 0 Å². The van der Waals surface area contributed by atoms with Crippen molar-refractivity contribution in [1.29, 1.82) is 0 Å². The van der Waals surface area contributed by atoms with E-state index in [4.69, 9.17) is 5.73 Å². The van der Waals surface area contributed by atoms with E-state index in [0.717, 1.165) is 18.7 Å². The molecule has 21 heavy (non-hydrogen) atoms. The third-order valence-corrected chi connectivity index (χ3v) is 5.37. The van der Waals surface area contributed by atoms with Gasteiger partial charge in [0.15, 0.2) is 0 Å². The molecule has 2 N–H and O–H groups in total. The molecule has 1 atom stereocenters. The number of carbonyl (C=O) groups is 1. The van der Waals surface area contributed by atoms with Crippen molar-refractivity contribution >= 4 is 5.91 Å². The molecule has 0 radical (unpaired) electrons. The second kappa shape index (κ2) is 5.80. The zero-order valence-corrected chi connectivity index (χ0v) is 13.0. The van der Waals surface area contributed by atoms with E-state index in [9.17, 15) is 4.79 Å². The molecule has 1 unspecified atom stereocenters. The summed E-state index contributed by atoms with van der Waals surface area (Å²) in [4.78, 5) is 14.7. The molecule has 1 amide bonds. The third kappa shape index (κ3) is 2.98. The van der Waals surface area contributed by atoms with Crippen LogP contribution in [0.5, 0.6) is 0 Å². The van der Waals surface area contributed by atoms with Gasteiger partial charge in [0, 0.05) is 13.1 Å². The lowest BCUT2D eigenvalue weighted by Crippen LogP contribution is -2.39. The minimum Gasteiger partial charge on any atom is -0.340 e. The molecule has 1 aliphatic carbocycles. The number of rotatable bonds is 2. The van der Waals surface area contributed by atoms with Crippen molar-refractivity contribution in [3.05, 3.63) is 35.4 Å². The van der Waals surface area contributed by atoms with Gasteiger partial charge in [0.25, 0.3) is 0 Å². The molecular weight excluding hydrogens is 260 g/mol. The smallest absolute Gasteiger partial charge is 0.244 e. The summed E-state index contributed by atoms with van der Waals surface area (Å²) < 4.78 is 0. The van der Waals surface area contributed by atoms with Gasteiger partial charge in [-0.05, 0) is 37.2 Å². The number of hydrogen-bond acceptors (Lipinski definition) is 2. The van der Waals surface area contributed by atoms with Crippen LogP contribution in [0.4, 0.5) is 0 Å². The number of amides is 1. The molecule has 1 saturated heterocycles. The van der Waals surface area contributed by atoms with Gasteiger partial charge >= 0.3 is 0 Å². The first-order valence-electron chi connectivity index (χ1n) is 8.21. The van der Waals surface area contributed by atoms with Crippen molar-refractivity contribution < 1.29 is 4.79 Å². The molecule has 3 nitrogen and oxygen atoms in total. The van der Waals surface area contributed by atoms with E-state index in [0.29, 0.717) is 5.41 Å². The Kier molecular flexibility index (Phi) is 4.03. The van der Waals surface area contributed by atoms with Crippen LogP contribution in [0.3, 0.4) is 0 Å². The van der Waals surface area contributed by atoms with E-state index in [-0.39, 0.29) is 5.91 Å². The summed E-state index contributed by atoms with van der Waals surface area (Å²) in [6, 6.07) is 7.49. The highest BCUT2D eigenvalue weighted by molar-refractivity contribution is 5.83. The van der Waals surface area contributed by atoms with E-state index in [2.05, 4.69) is 0 Å². The standard InChI is InChI=1S/C18H26N2O/c1-14-5-7-15(8-6-14)16(19)17(21)20-12-11-18(13-20)9-3-2-4-10-18/h5-8,16H,2-4,9-13,19H2,1H3. The van der Waals surface area contributed by atoms with Crippen molar-refractivity contribution in [2.45, 2.75) is 51.5 Å². The molecule has 1 aromatic carbocycles. The molecule has 0 aromatic heterocycles. The average Bonchev–Trinajstić information content (AvgIpc) is 2.91. The van der Waals surface area contributed by atoms with Crippen molar-refractivity contribution in [1.82, 2.24) is 4.90 Å². The Morgan fingerprint density at radius 1 is 1.14 bits per heavy atom. The van der Waals surface area contributed by atoms with Gasteiger partial charge in [-0.25, -0.2) is 0 Å². The summed E-state index contributed by atoms with van der Waals surface area (Å²) in [5, 5.41) is 0. The fourth-order valence-electron chi connectivity index (χ4n) is 3.95. The van der Waals surface area contributed by atoms with E-state index >= 15 is 0 Å². The third-order valence-electron chi connectivity index (χ3n) is 5.37. The van der Waals surface area contributed by atoms with Gasteiger partial charge in [-0.2, -0.15) is 0 Å². The van der Waals surface area contributed by atoms with E-state index < -0.39 is 6.04 Å². The number of carbonyl (C=O) groups excluding carboxylic acids is 1. The molecule has 1 spiro atoms. The SMILES string of the molecule is Cc1ccc(C(N)C(=O)N2CCC3(CCCCC3)C2)cc1. The van der Waals surface area contributed by atoms with Gasteiger partial charge in [-0.15, -0.1) is 0 Å². The molecule has 1 aliphatic heterocycles. The number of nitrogens with two attached hydrogens (primary N) is 1. The number of nitrogens with zero attached hydrogens (tertiary/aromatic N) is 1.